The minimum atomic E-state index is -0.0574. The summed E-state index contributed by atoms with van der Waals surface area (Å²) >= 11 is 0. The molecule has 0 aliphatic heterocycles. The molecule has 19 heavy (non-hydrogen) atoms. The van der Waals surface area contributed by atoms with E-state index in [1.807, 2.05) is 25.5 Å². The lowest BCUT2D eigenvalue weighted by molar-refractivity contribution is -0.694. The van der Waals surface area contributed by atoms with Crippen molar-refractivity contribution in [2.24, 2.45) is 4.99 Å². The summed E-state index contributed by atoms with van der Waals surface area (Å²) in [5, 5.41) is 0. The average molecular weight is 256 g/mol. The van der Waals surface area contributed by atoms with Gasteiger partial charge < -0.3 is 0 Å². The molecule has 0 saturated heterocycles. The Morgan fingerprint density at radius 2 is 2.53 bits per heavy atom. The average Bonchev–Trinajstić information content (AvgIpc) is 2.93. The van der Waals surface area contributed by atoms with Gasteiger partial charge in [0.25, 0.3) is 18.9 Å². The fourth-order valence-corrected chi connectivity index (χ4v) is 2.14. The Bertz CT molecular complexity index is 566. The Hall–Kier alpha value is -2.15. The van der Waals surface area contributed by atoms with Crippen LogP contribution in [0.5, 0.6) is 0 Å². The van der Waals surface area contributed by atoms with Crippen LogP contribution in [0.1, 0.15) is 31.6 Å². The van der Waals surface area contributed by atoms with Gasteiger partial charge in [0.2, 0.25) is 0 Å². The number of aromatic amines is 1. The topological polar surface area (TPSA) is 36.4 Å². The third-order valence-electron chi connectivity index (χ3n) is 3.02. The first kappa shape index (κ1) is 13.3. The molecule has 1 aromatic rings. The molecule has 98 valence electrons. The summed E-state index contributed by atoms with van der Waals surface area (Å²) in [6, 6.07) is 3.02. The number of allylic oxidation sites excluding steroid dienone is 4. The third-order valence-corrected chi connectivity index (χ3v) is 3.02. The molecular formula is C15H20N4+2. The summed E-state index contributed by atoms with van der Waals surface area (Å²) in [7, 11) is 1.74. The highest BCUT2D eigenvalue weighted by Crippen LogP contribution is 2.20. The number of imidazole rings is 1. The monoisotopic (exact) mass is 256 g/mol. The maximum atomic E-state index is 4.32. The third kappa shape index (κ3) is 3.19. The second kappa shape index (κ2) is 6.69. The summed E-state index contributed by atoms with van der Waals surface area (Å²) in [4.78, 5) is 11.6. The number of aliphatic imine (C=N–C) groups is 1. The fraction of sp³-hybridized carbons (Fsp3) is 0.400. The predicted octanol–water partition coefficient (Wildman–Crippen LogP) is 2.63. The second-order valence-electron chi connectivity index (χ2n) is 4.32. The van der Waals surface area contributed by atoms with Gasteiger partial charge in [0.1, 0.15) is 12.4 Å². The van der Waals surface area contributed by atoms with Crippen molar-refractivity contribution in [2.45, 2.75) is 25.8 Å². The molecule has 4 heteroatoms. The molecule has 4 nitrogen and oxygen atoms in total. The first-order chi connectivity index (χ1) is 9.36. The van der Waals surface area contributed by atoms with Crippen LogP contribution in [0.15, 0.2) is 35.6 Å². The van der Waals surface area contributed by atoms with Gasteiger partial charge in [0.15, 0.2) is 0 Å². The van der Waals surface area contributed by atoms with Crippen molar-refractivity contribution in [1.29, 1.82) is 0 Å². The molecule has 1 atom stereocenters. The van der Waals surface area contributed by atoms with Crippen molar-refractivity contribution >= 4 is 11.8 Å². The molecule has 1 aromatic heterocycles. The number of nitrogens with zero attached hydrogens (tertiary/aromatic N) is 3. The Morgan fingerprint density at radius 3 is 3.21 bits per heavy atom. The summed E-state index contributed by atoms with van der Waals surface area (Å²) in [6.07, 6.45) is 14.4. The molecule has 0 amide bonds. The van der Waals surface area contributed by atoms with Crippen LogP contribution in [0.25, 0.3) is 10.4 Å². The van der Waals surface area contributed by atoms with Crippen molar-refractivity contribution in [1.82, 2.24) is 4.98 Å². The van der Waals surface area contributed by atoms with Gasteiger partial charge in [-0.3, -0.25) is 4.99 Å². The highest BCUT2D eigenvalue weighted by atomic mass is 15.1. The number of H-pyrrole nitrogens is 1. The quantitative estimate of drug-likeness (QED) is 0.635. The summed E-state index contributed by atoms with van der Waals surface area (Å²) < 4.78 is 2.12. The van der Waals surface area contributed by atoms with Crippen LogP contribution >= 0.6 is 0 Å². The van der Waals surface area contributed by atoms with E-state index in [0.717, 1.165) is 25.2 Å². The van der Waals surface area contributed by atoms with Crippen molar-refractivity contribution in [3.05, 3.63) is 41.3 Å². The van der Waals surface area contributed by atoms with Gasteiger partial charge in [-0.1, -0.05) is 23.1 Å². The summed E-state index contributed by atoms with van der Waals surface area (Å²) in [5.41, 5.74) is 1.31. The van der Waals surface area contributed by atoms with E-state index < -0.39 is 0 Å². The molecule has 0 radical (unpaired) electrons. The predicted molar refractivity (Wildman–Crippen MR) is 78.6 cm³/mol. The van der Waals surface area contributed by atoms with Crippen LogP contribution in [-0.4, -0.2) is 24.8 Å². The molecule has 0 spiro atoms. The van der Waals surface area contributed by atoms with Crippen LogP contribution in [-0.2, 0) is 0 Å². The second-order valence-corrected chi connectivity index (χ2v) is 4.32. The van der Waals surface area contributed by atoms with E-state index in [4.69, 9.17) is 0 Å². The lowest BCUT2D eigenvalue weighted by Crippen LogP contribution is -2.41. The first-order valence-corrected chi connectivity index (χ1v) is 6.65. The minimum absolute atomic E-state index is 0.0574. The van der Waals surface area contributed by atoms with E-state index in [1.165, 1.54) is 5.57 Å². The number of rotatable bonds is 4. The van der Waals surface area contributed by atoms with Crippen LogP contribution in [0.4, 0.5) is 0 Å². The molecule has 1 aliphatic rings. The summed E-state index contributed by atoms with van der Waals surface area (Å²) in [5.74, 6) is 1.10. The van der Waals surface area contributed by atoms with Crippen molar-refractivity contribution in [2.75, 3.05) is 13.6 Å². The van der Waals surface area contributed by atoms with Crippen molar-refractivity contribution < 1.29 is 4.57 Å². The molecule has 0 saturated carbocycles. The van der Waals surface area contributed by atoms with Crippen molar-refractivity contribution in [3.63, 3.8) is 0 Å². The van der Waals surface area contributed by atoms with E-state index in [1.54, 1.807) is 7.05 Å². The maximum absolute atomic E-state index is 4.32. The zero-order chi connectivity index (χ0) is 13.5. The van der Waals surface area contributed by atoms with E-state index in [-0.39, 0.29) is 6.04 Å². The zero-order valence-corrected chi connectivity index (χ0v) is 11.5. The van der Waals surface area contributed by atoms with Gasteiger partial charge in [0.05, 0.1) is 6.21 Å². The highest BCUT2D eigenvalue weighted by Gasteiger charge is 2.24. The first-order valence-electron chi connectivity index (χ1n) is 6.65. The Morgan fingerprint density at radius 1 is 1.63 bits per heavy atom. The molecule has 1 aliphatic carbocycles. The van der Waals surface area contributed by atoms with Crippen LogP contribution in [0.2, 0.25) is 0 Å². The Labute approximate surface area is 114 Å². The molecular weight excluding hydrogens is 236 g/mol. The number of hydrogen-bond donors (Lipinski definition) is 1. The Kier molecular flexibility index (Phi) is 4.68. The van der Waals surface area contributed by atoms with Gasteiger partial charge in [0, 0.05) is 12.1 Å². The van der Waals surface area contributed by atoms with E-state index >= 15 is 0 Å². The van der Waals surface area contributed by atoms with Gasteiger partial charge in [-0.05, 0) is 19.8 Å². The molecule has 2 rings (SSSR count). The van der Waals surface area contributed by atoms with E-state index in [0.29, 0.717) is 0 Å². The minimum Gasteiger partial charge on any atom is -0.292 e. The zero-order valence-electron chi connectivity index (χ0n) is 11.5. The van der Waals surface area contributed by atoms with Gasteiger partial charge in [-0.25, -0.2) is 9.55 Å². The fourth-order valence-electron chi connectivity index (χ4n) is 2.14. The van der Waals surface area contributed by atoms with Crippen LogP contribution in [0, 0.1) is 6.07 Å². The molecule has 0 bridgehead atoms. The van der Waals surface area contributed by atoms with Gasteiger partial charge in [-0.2, -0.15) is 0 Å². The molecule has 1 heterocycles. The smallest absolute Gasteiger partial charge is 0.292 e. The largest absolute Gasteiger partial charge is 0.329 e. The standard InChI is InChI=1S/C15H19N4/c1-3-17-12-14(11-16-2)19-10-9-18-15(19)13-7-5-4-6-8-13/h4-5,7,9-10,12,14H,3,6,8H2,1-2H3/q+1/p+1. The molecule has 0 aromatic carbocycles. The van der Waals surface area contributed by atoms with Crippen LogP contribution in [0.3, 0.4) is 0 Å². The Balaban J connectivity index is 2.35. The molecule has 1 unspecified atom stereocenters. The van der Waals surface area contributed by atoms with Gasteiger partial charge >= 0.3 is 6.07 Å². The van der Waals surface area contributed by atoms with Crippen LogP contribution < -0.4 is 4.57 Å². The van der Waals surface area contributed by atoms with E-state index in [2.05, 4.69) is 43.7 Å². The maximum Gasteiger partial charge on any atom is 0.329 e. The summed E-state index contributed by atoms with van der Waals surface area (Å²) in [6.45, 7) is 2.79. The molecule has 0 fully saturated rings. The lowest BCUT2D eigenvalue weighted by atomic mass is 10.0. The SMILES string of the molecule is CCN=CC(C#[N+]C)[n+]1cc[nH]c1C1=CC=CCC1. The normalized spacial score (nSPS) is 16.0. The van der Waals surface area contributed by atoms with Gasteiger partial charge in [-0.15, -0.1) is 0 Å². The highest BCUT2D eigenvalue weighted by molar-refractivity contribution is 5.66. The number of nitrogens with one attached hydrogen (secondary N) is 1. The number of aromatic nitrogens is 2. The molecule has 1 N–H and O–H groups in total. The van der Waals surface area contributed by atoms with E-state index in [9.17, 15) is 0 Å². The lowest BCUT2D eigenvalue weighted by Gasteiger charge is -2.06. The van der Waals surface area contributed by atoms with Crippen molar-refractivity contribution in [3.8, 4) is 6.07 Å². The number of hydrogen-bond acceptors (Lipinski definition) is 1.